The van der Waals surface area contributed by atoms with Crippen molar-refractivity contribution >= 4 is 11.8 Å². The first kappa shape index (κ1) is 15.7. The number of benzene rings is 1. The number of ether oxygens (including phenoxy) is 3. The SMILES string of the molecule is CCOC(=O)CC(C)C(=O)c1ccc(C2OCCO2)cc1. The normalized spacial score (nSPS) is 16.7. The maximum Gasteiger partial charge on any atom is 0.306 e. The molecule has 0 radical (unpaired) electrons. The van der Waals surface area contributed by atoms with Gasteiger partial charge in [0.05, 0.1) is 26.2 Å². The van der Waals surface area contributed by atoms with Crippen molar-refractivity contribution in [3.05, 3.63) is 35.4 Å². The molecule has 1 aromatic carbocycles. The van der Waals surface area contributed by atoms with Crippen LogP contribution in [0.1, 0.15) is 42.5 Å². The summed E-state index contributed by atoms with van der Waals surface area (Å²) in [5.41, 5.74) is 1.47. The Morgan fingerprint density at radius 1 is 1.24 bits per heavy atom. The van der Waals surface area contributed by atoms with Gasteiger partial charge < -0.3 is 14.2 Å². The zero-order valence-electron chi connectivity index (χ0n) is 12.3. The zero-order chi connectivity index (χ0) is 15.2. The van der Waals surface area contributed by atoms with Crippen LogP contribution in [0.5, 0.6) is 0 Å². The van der Waals surface area contributed by atoms with Crippen molar-refractivity contribution in [3.8, 4) is 0 Å². The van der Waals surface area contributed by atoms with E-state index >= 15 is 0 Å². The minimum absolute atomic E-state index is 0.0668. The predicted molar refractivity (Wildman–Crippen MR) is 75.8 cm³/mol. The summed E-state index contributed by atoms with van der Waals surface area (Å²) < 4.78 is 15.7. The van der Waals surface area contributed by atoms with E-state index < -0.39 is 5.92 Å². The largest absolute Gasteiger partial charge is 0.466 e. The lowest BCUT2D eigenvalue weighted by atomic mass is 9.96. The number of hydrogen-bond donors (Lipinski definition) is 0. The van der Waals surface area contributed by atoms with Crippen LogP contribution in [0.25, 0.3) is 0 Å². The Hall–Kier alpha value is -1.72. The third kappa shape index (κ3) is 4.12. The summed E-state index contributed by atoms with van der Waals surface area (Å²) in [6, 6.07) is 7.12. The molecule has 1 aromatic rings. The van der Waals surface area contributed by atoms with Gasteiger partial charge in [0.1, 0.15) is 0 Å². The second-order valence-electron chi connectivity index (χ2n) is 4.97. The fraction of sp³-hybridized carbons (Fsp3) is 0.500. The van der Waals surface area contributed by atoms with Crippen molar-refractivity contribution in [2.24, 2.45) is 5.92 Å². The van der Waals surface area contributed by atoms with Gasteiger partial charge in [0, 0.05) is 17.0 Å². The molecule has 2 rings (SSSR count). The number of esters is 1. The van der Waals surface area contributed by atoms with Gasteiger partial charge in [-0.1, -0.05) is 31.2 Å². The van der Waals surface area contributed by atoms with Crippen molar-refractivity contribution in [3.63, 3.8) is 0 Å². The summed E-state index contributed by atoms with van der Waals surface area (Å²) in [6.07, 6.45) is -0.241. The summed E-state index contributed by atoms with van der Waals surface area (Å²) in [5, 5.41) is 0. The molecule has 1 aliphatic heterocycles. The maximum atomic E-state index is 12.2. The third-order valence-electron chi connectivity index (χ3n) is 3.31. The number of carbonyl (C=O) groups excluding carboxylic acids is 2. The molecule has 1 atom stereocenters. The number of carbonyl (C=O) groups is 2. The zero-order valence-corrected chi connectivity index (χ0v) is 12.3. The van der Waals surface area contributed by atoms with E-state index in [2.05, 4.69) is 0 Å². The molecule has 1 heterocycles. The van der Waals surface area contributed by atoms with Crippen LogP contribution >= 0.6 is 0 Å². The minimum atomic E-state index is -0.395. The van der Waals surface area contributed by atoms with Crippen LogP contribution in [0, 0.1) is 5.92 Å². The Morgan fingerprint density at radius 3 is 2.43 bits per heavy atom. The molecule has 0 aromatic heterocycles. The fourth-order valence-corrected chi connectivity index (χ4v) is 2.20. The Balaban J connectivity index is 1.97. The lowest BCUT2D eigenvalue weighted by Crippen LogP contribution is -2.17. The van der Waals surface area contributed by atoms with E-state index in [1.54, 1.807) is 26.0 Å². The van der Waals surface area contributed by atoms with Gasteiger partial charge in [-0.15, -0.1) is 0 Å². The molecule has 0 amide bonds. The average molecular weight is 292 g/mol. The Morgan fingerprint density at radius 2 is 1.86 bits per heavy atom. The topological polar surface area (TPSA) is 61.8 Å². The van der Waals surface area contributed by atoms with Crippen molar-refractivity contribution in [1.82, 2.24) is 0 Å². The monoisotopic (exact) mass is 292 g/mol. The van der Waals surface area contributed by atoms with E-state index in [4.69, 9.17) is 14.2 Å². The summed E-state index contributed by atoms with van der Waals surface area (Å²) in [5.74, 6) is -0.806. The van der Waals surface area contributed by atoms with Gasteiger partial charge in [0.2, 0.25) is 0 Å². The van der Waals surface area contributed by atoms with E-state index in [0.717, 1.165) is 5.56 Å². The lowest BCUT2D eigenvalue weighted by molar-refractivity contribution is -0.143. The first-order valence-electron chi connectivity index (χ1n) is 7.14. The summed E-state index contributed by atoms with van der Waals surface area (Å²) in [6.45, 7) is 4.98. The van der Waals surface area contributed by atoms with Gasteiger partial charge in [-0.3, -0.25) is 9.59 Å². The molecular formula is C16H20O5. The minimum Gasteiger partial charge on any atom is -0.466 e. The van der Waals surface area contributed by atoms with Crippen molar-refractivity contribution in [2.75, 3.05) is 19.8 Å². The van der Waals surface area contributed by atoms with E-state index in [0.29, 0.717) is 25.4 Å². The number of rotatable bonds is 6. The molecule has 21 heavy (non-hydrogen) atoms. The summed E-state index contributed by atoms with van der Waals surface area (Å²) in [4.78, 5) is 23.7. The van der Waals surface area contributed by atoms with E-state index in [9.17, 15) is 9.59 Å². The Bertz CT molecular complexity index is 488. The maximum absolute atomic E-state index is 12.2. The van der Waals surface area contributed by atoms with Crippen molar-refractivity contribution in [1.29, 1.82) is 0 Å². The van der Waals surface area contributed by atoms with Crippen LogP contribution in [0.3, 0.4) is 0 Å². The highest BCUT2D eigenvalue weighted by atomic mass is 16.7. The molecule has 0 spiro atoms. The first-order chi connectivity index (χ1) is 10.1. The number of hydrogen-bond acceptors (Lipinski definition) is 5. The quantitative estimate of drug-likeness (QED) is 0.595. The lowest BCUT2D eigenvalue weighted by Gasteiger charge is -2.12. The molecule has 0 N–H and O–H groups in total. The van der Waals surface area contributed by atoms with Gasteiger partial charge in [-0.25, -0.2) is 0 Å². The van der Waals surface area contributed by atoms with E-state index in [1.165, 1.54) is 0 Å². The first-order valence-corrected chi connectivity index (χ1v) is 7.14. The average Bonchev–Trinajstić information content (AvgIpc) is 3.01. The number of ketones is 1. The summed E-state index contributed by atoms with van der Waals surface area (Å²) in [7, 11) is 0. The fourth-order valence-electron chi connectivity index (χ4n) is 2.20. The van der Waals surface area contributed by atoms with Crippen LogP contribution in [-0.2, 0) is 19.0 Å². The highest BCUT2D eigenvalue weighted by molar-refractivity contribution is 5.99. The van der Waals surface area contributed by atoms with Crippen LogP contribution in [0.15, 0.2) is 24.3 Å². The van der Waals surface area contributed by atoms with Gasteiger partial charge in [-0.05, 0) is 6.92 Å². The smallest absolute Gasteiger partial charge is 0.306 e. The number of Topliss-reactive ketones (excluding diaryl/α,β-unsaturated/α-hetero) is 1. The molecule has 1 fully saturated rings. The van der Waals surface area contributed by atoms with E-state index in [-0.39, 0.29) is 24.5 Å². The second kappa shape index (κ2) is 7.33. The Kier molecular flexibility index (Phi) is 5.47. The van der Waals surface area contributed by atoms with Gasteiger partial charge in [0.25, 0.3) is 0 Å². The van der Waals surface area contributed by atoms with Crippen LogP contribution < -0.4 is 0 Å². The molecule has 1 aliphatic rings. The molecule has 5 nitrogen and oxygen atoms in total. The van der Waals surface area contributed by atoms with E-state index in [1.807, 2.05) is 12.1 Å². The summed E-state index contributed by atoms with van der Waals surface area (Å²) >= 11 is 0. The molecule has 0 bridgehead atoms. The van der Waals surface area contributed by atoms with Gasteiger partial charge >= 0.3 is 5.97 Å². The van der Waals surface area contributed by atoms with Crippen molar-refractivity contribution < 1.29 is 23.8 Å². The molecular weight excluding hydrogens is 272 g/mol. The molecule has 5 heteroatoms. The molecule has 114 valence electrons. The van der Waals surface area contributed by atoms with Gasteiger partial charge in [0.15, 0.2) is 12.1 Å². The molecule has 1 unspecified atom stereocenters. The Labute approximate surface area is 124 Å². The van der Waals surface area contributed by atoms with Crippen LogP contribution in [0.4, 0.5) is 0 Å². The molecule has 0 aliphatic carbocycles. The van der Waals surface area contributed by atoms with Crippen LogP contribution in [0.2, 0.25) is 0 Å². The standard InChI is InChI=1S/C16H20O5/c1-3-19-14(17)10-11(2)15(18)12-4-6-13(7-5-12)16-20-8-9-21-16/h4-7,11,16H,3,8-10H2,1-2H3. The molecule has 1 saturated heterocycles. The van der Waals surface area contributed by atoms with Crippen LogP contribution in [-0.4, -0.2) is 31.6 Å². The van der Waals surface area contributed by atoms with Gasteiger partial charge in [-0.2, -0.15) is 0 Å². The highest BCUT2D eigenvalue weighted by Crippen LogP contribution is 2.24. The highest BCUT2D eigenvalue weighted by Gasteiger charge is 2.21. The van der Waals surface area contributed by atoms with Crippen molar-refractivity contribution in [2.45, 2.75) is 26.6 Å². The third-order valence-corrected chi connectivity index (χ3v) is 3.31. The molecule has 0 saturated carbocycles. The predicted octanol–water partition coefficient (Wildman–Crippen LogP) is 2.50. The second-order valence-corrected chi connectivity index (χ2v) is 4.97.